The highest BCUT2D eigenvalue weighted by atomic mass is 16.3. The fourth-order valence-corrected chi connectivity index (χ4v) is 0.407. The third kappa shape index (κ3) is 1.79. The molecule has 0 aromatic carbocycles. The summed E-state index contributed by atoms with van der Waals surface area (Å²) in [6.07, 6.45) is 0. The van der Waals surface area contributed by atoms with Crippen LogP contribution in [0.4, 0.5) is 0 Å². The molecule has 0 radical (unpaired) electrons. The molecule has 0 spiro atoms. The van der Waals surface area contributed by atoms with Gasteiger partial charge in [0.2, 0.25) is 0 Å². The van der Waals surface area contributed by atoms with Gasteiger partial charge in [-0.15, -0.1) is 0 Å². The standard InChI is InChI=1S/C7H14O2/c1-5(2)7(4,9)6(3)8/h5,9H,1-4H3/t7-/m0/s1. The molecule has 54 valence electrons. The number of hydrogen-bond donors (Lipinski definition) is 1. The Morgan fingerprint density at radius 3 is 1.89 bits per heavy atom. The van der Waals surface area contributed by atoms with Crippen LogP contribution in [-0.2, 0) is 4.79 Å². The third-order valence-corrected chi connectivity index (χ3v) is 1.84. The summed E-state index contributed by atoms with van der Waals surface area (Å²) in [6.45, 7) is 6.59. The summed E-state index contributed by atoms with van der Waals surface area (Å²) in [5.41, 5.74) is -1.14. The van der Waals surface area contributed by atoms with Gasteiger partial charge in [0, 0.05) is 0 Å². The molecular weight excluding hydrogens is 116 g/mol. The zero-order valence-corrected chi connectivity index (χ0v) is 6.43. The molecule has 0 saturated heterocycles. The van der Waals surface area contributed by atoms with Crippen molar-refractivity contribution >= 4 is 5.78 Å². The van der Waals surface area contributed by atoms with Gasteiger partial charge >= 0.3 is 0 Å². The Balaban J connectivity index is 4.19. The monoisotopic (exact) mass is 130 g/mol. The van der Waals surface area contributed by atoms with Gasteiger partial charge in [-0.1, -0.05) is 13.8 Å². The number of aliphatic hydroxyl groups is 1. The van der Waals surface area contributed by atoms with Crippen molar-refractivity contribution in [2.24, 2.45) is 5.92 Å². The normalized spacial score (nSPS) is 17.6. The first-order chi connectivity index (χ1) is 3.89. The van der Waals surface area contributed by atoms with E-state index in [2.05, 4.69) is 0 Å². The largest absolute Gasteiger partial charge is 0.382 e. The summed E-state index contributed by atoms with van der Waals surface area (Å²) >= 11 is 0. The smallest absolute Gasteiger partial charge is 0.161 e. The quantitative estimate of drug-likeness (QED) is 0.605. The van der Waals surface area contributed by atoms with Crippen molar-refractivity contribution < 1.29 is 9.90 Å². The molecule has 1 N–H and O–H groups in total. The van der Waals surface area contributed by atoms with E-state index < -0.39 is 5.60 Å². The average molecular weight is 130 g/mol. The molecule has 0 fully saturated rings. The summed E-state index contributed by atoms with van der Waals surface area (Å²) < 4.78 is 0. The number of hydrogen-bond acceptors (Lipinski definition) is 2. The van der Waals surface area contributed by atoms with Crippen LogP contribution >= 0.6 is 0 Å². The van der Waals surface area contributed by atoms with Crippen molar-refractivity contribution in [3.8, 4) is 0 Å². The molecule has 0 amide bonds. The fourth-order valence-electron chi connectivity index (χ4n) is 0.407. The zero-order valence-electron chi connectivity index (χ0n) is 6.43. The molecule has 0 aromatic rings. The highest BCUT2D eigenvalue weighted by molar-refractivity contribution is 5.84. The fraction of sp³-hybridized carbons (Fsp3) is 0.857. The lowest BCUT2D eigenvalue weighted by atomic mass is 9.89. The molecule has 2 heteroatoms. The van der Waals surface area contributed by atoms with Crippen molar-refractivity contribution in [3.05, 3.63) is 0 Å². The van der Waals surface area contributed by atoms with Gasteiger partial charge < -0.3 is 5.11 Å². The van der Waals surface area contributed by atoms with Gasteiger partial charge in [-0.2, -0.15) is 0 Å². The molecule has 0 aliphatic heterocycles. The maximum atomic E-state index is 10.7. The number of ketones is 1. The molecule has 0 unspecified atom stereocenters. The van der Waals surface area contributed by atoms with E-state index >= 15 is 0 Å². The van der Waals surface area contributed by atoms with E-state index in [0.717, 1.165) is 0 Å². The predicted molar refractivity (Wildman–Crippen MR) is 36.1 cm³/mol. The topological polar surface area (TPSA) is 37.3 Å². The first-order valence-corrected chi connectivity index (χ1v) is 3.12. The maximum absolute atomic E-state index is 10.7. The van der Waals surface area contributed by atoms with Gasteiger partial charge in [-0.25, -0.2) is 0 Å². The second-order valence-corrected chi connectivity index (χ2v) is 2.86. The van der Waals surface area contributed by atoms with E-state index in [1.165, 1.54) is 6.92 Å². The number of carbonyl (C=O) groups excluding carboxylic acids is 1. The van der Waals surface area contributed by atoms with Crippen LogP contribution in [0.5, 0.6) is 0 Å². The second-order valence-electron chi connectivity index (χ2n) is 2.86. The summed E-state index contributed by atoms with van der Waals surface area (Å²) in [4.78, 5) is 10.7. The molecule has 1 atom stereocenters. The third-order valence-electron chi connectivity index (χ3n) is 1.84. The Hall–Kier alpha value is -0.370. The van der Waals surface area contributed by atoms with Gasteiger partial charge in [0.1, 0.15) is 5.60 Å². The molecule has 9 heavy (non-hydrogen) atoms. The molecule has 0 aliphatic carbocycles. The van der Waals surface area contributed by atoms with E-state index in [0.29, 0.717) is 0 Å². The molecule has 0 rings (SSSR count). The maximum Gasteiger partial charge on any atom is 0.161 e. The molecule has 0 saturated carbocycles. The van der Waals surface area contributed by atoms with Gasteiger partial charge in [0.05, 0.1) is 0 Å². The Labute approximate surface area is 55.9 Å². The van der Waals surface area contributed by atoms with Crippen molar-refractivity contribution in [1.82, 2.24) is 0 Å². The van der Waals surface area contributed by atoms with Crippen molar-refractivity contribution in [3.63, 3.8) is 0 Å². The Morgan fingerprint density at radius 2 is 1.89 bits per heavy atom. The van der Waals surface area contributed by atoms with E-state index in [9.17, 15) is 9.90 Å². The van der Waals surface area contributed by atoms with Crippen LogP contribution in [0.25, 0.3) is 0 Å². The van der Waals surface area contributed by atoms with Crippen LogP contribution < -0.4 is 0 Å². The summed E-state index contributed by atoms with van der Waals surface area (Å²) in [5.74, 6) is -0.174. The molecule has 0 aromatic heterocycles. The van der Waals surface area contributed by atoms with Gasteiger partial charge in [0.15, 0.2) is 5.78 Å². The summed E-state index contributed by atoms with van der Waals surface area (Å²) in [6, 6.07) is 0. The Morgan fingerprint density at radius 1 is 1.56 bits per heavy atom. The van der Waals surface area contributed by atoms with Gasteiger partial charge in [0.25, 0.3) is 0 Å². The van der Waals surface area contributed by atoms with Crippen molar-refractivity contribution in [2.45, 2.75) is 33.3 Å². The van der Waals surface area contributed by atoms with Crippen molar-refractivity contribution in [1.29, 1.82) is 0 Å². The number of Topliss-reactive ketones (excluding diaryl/α,β-unsaturated/α-hetero) is 1. The average Bonchev–Trinajstić information content (AvgIpc) is 1.65. The lowest BCUT2D eigenvalue weighted by molar-refractivity contribution is -0.137. The number of carbonyl (C=O) groups is 1. The van der Waals surface area contributed by atoms with Crippen LogP contribution in [0, 0.1) is 5.92 Å². The van der Waals surface area contributed by atoms with E-state index in [-0.39, 0.29) is 11.7 Å². The lowest BCUT2D eigenvalue weighted by Gasteiger charge is -2.23. The van der Waals surface area contributed by atoms with Crippen LogP contribution in [0.3, 0.4) is 0 Å². The summed E-state index contributed by atoms with van der Waals surface area (Å²) in [7, 11) is 0. The highest BCUT2D eigenvalue weighted by Gasteiger charge is 2.29. The molecular formula is C7H14O2. The summed E-state index contributed by atoms with van der Waals surface area (Å²) in [5, 5.41) is 9.32. The SMILES string of the molecule is CC(=O)[C@@](C)(O)C(C)C. The zero-order chi connectivity index (χ0) is 7.65. The second kappa shape index (κ2) is 2.48. The minimum absolute atomic E-state index is 0.00463. The molecule has 0 aliphatic rings. The van der Waals surface area contributed by atoms with Gasteiger partial charge in [-0.05, 0) is 19.8 Å². The van der Waals surface area contributed by atoms with E-state index in [4.69, 9.17) is 0 Å². The molecule has 0 heterocycles. The van der Waals surface area contributed by atoms with Crippen LogP contribution in [0.2, 0.25) is 0 Å². The predicted octanol–water partition coefficient (Wildman–Crippen LogP) is 0.982. The molecule has 0 bridgehead atoms. The molecule has 2 nitrogen and oxygen atoms in total. The number of rotatable bonds is 2. The Bertz CT molecular complexity index is 114. The minimum atomic E-state index is -1.14. The Kier molecular flexibility index (Phi) is 2.38. The first-order valence-electron chi connectivity index (χ1n) is 3.12. The highest BCUT2D eigenvalue weighted by Crippen LogP contribution is 2.16. The van der Waals surface area contributed by atoms with Gasteiger partial charge in [-0.3, -0.25) is 4.79 Å². The lowest BCUT2D eigenvalue weighted by Crippen LogP contribution is -2.38. The first kappa shape index (κ1) is 8.63. The van der Waals surface area contributed by atoms with E-state index in [1.54, 1.807) is 6.92 Å². The van der Waals surface area contributed by atoms with Crippen LogP contribution in [0.15, 0.2) is 0 Å². The van der Waals surface area contributed by atoms with Crippen LogP contribution in [0.1, 0.15) is 27.7 Å². The van der Waals surface area contributed by atoms with E-state index in [1.807, 2.05) is 13.8 Å². The minimum Gasteiger partial charge on any atom is -0.382 e. The van der Waals surface area contributed by atoms with Crippen LogP contribution in [-0.4, -0.2) is 16.5 Å². The van der Waals surface area contributed by atoms with Crippen molar-refractivity contribution in [2.75, 3.05) is 0 Å².